The molecule has 3 heterocycles. The number of amides is 1. The molecule has 4 aromatic rings. The molecule has 164 valence electrons. The molecular weight excluding hydrogens is 467 g/mol. The molecule has 0 fully saturated rings. The van der Waals surface area contributed by atoms with Gasteiger partial charge < -0.3 is 10.1 Å². The third-order valence-electron chi connectivity index (χ3n) is 4.94. The van der Waals surface area contributed by atoms with Gasteiger partial charge in [-0.3, -0.25) is 9.78 Å². The number of hydrogen-bond donors (Lipinski definition) is 1. The molecule has 3 aromatic heterocycles. The first-order chi connectivity index (χ1) is 15.3. The number of fused-ring (bicyclic) bond motifs is 1. The normalized spacial score (nSPS) is 12.0. The van der Waals surface area contributed by atoms with Crippen LogP contribution in [0.2, 0.25) is 9.36 Å². The van der Waals surface area contributed by atoms with E-state index in [-0.39, 0.29) is 18.6 Å². The quantitative estimate of drug-likeness (QED) is 0.353. The second-order valence-electron chi connectivity index (χ2n) is 7.31. The van der Waals surface area contributed by atoms with Crippen molar-refractivity contribution >= 4 is 51.3 Å². The molecule has 1 atom stereocenters. The first-order valence-electron chi connectivity index (χ1n) is 9.88. The molecule has 6 nitrogen and oxygen atoms in total. The Hall–Kier alpha value is -2.74. The van der Waals surface area contributed by atoms with Crippen LogP contribution in [0.5, 0.6) is 5.75 Å². The number of hydrogen-bond acceptors (Lipinski definition) is 6. The van der Waals surface area contributed by atoms with Gasteiger partial charge in [0.05, 0.1) is 22.3 Å². The summed E-state index contributed by atoms with van der Waals surface area (Å²) in [6.07, 6.45) is 1.62. The predicted octanol–water partition coefficient (Wildman–Crippen LogP) is 6.14. The summed E-state index contributed by atoms with van der Waals surface area (Å²) in [4.78, 5) is 25.1. The molecule has 0 spiro atoms. The van der Waals surface area contributed by atoms with Crippen molar-refractivity contribution in [2.24, 2.45) is 0 Å². The Morgan fingerprint density at radius 3 is 2.78 bits per heavy atom. The average molecular weight is 487 g/mol. The molecule has 4 rings (SSSR count). The maximum Gasteiger partial charge on any atom is 0.217 e. The molecule has 0 aliphatic heterocycles. The minimum absolute atomic E-state index is 0.145. The van der Waals surface area contributed by atoms with Gasteiger partial charge in [-0.05, 0) is 32.0 Å². The van der Waals surface area contributed by atoms with Gasteiger partial charge in [0.25, 0.3) is 0 Å². The zero-order valence-corrected chi connectivity index (χ0v) is 20.0. The molecule has 9 heteroatoms. The van der Waals surface area contributed by atoms with Crippen LogP contribution >= 0.6 is 34.5 Å². The van der Waals surface area contributed by atoms with Crippen molar-refractivity contribution in [1.82, 2.24) is 20.3 Å². The van der Waals surface area contributed by atoms with Crippen LogP contribution in [0.15, 0.2) is 42.0 Å². The average Bonchev–Trinajstić information content (AvgIpc) is 3.17. The largest absolute Gasteiger partial charge is 0.486 e. The minimum Gasteiger partial charge on any atom is -0.486 e. The third-order valence-corrected chi connectivity index (χ3v) is 6.36. The Labute approximate surface area is 199 Å². The van der Waals surface area contributed by atoms with Gasteiger partial charge in [0.2, 0.25) is 5.91 Å². The van der Waals surface area contributed by atoms with Gasteiger partial charge in [-0.2, -0.15) is 0 Å². The van der Waals surface area contributed by atoms with Crippen molar-refractivity contribution in [3.05, 3.63) is 68.3 Å². The number of pyridine rings is 2. The summed E-state index contributed by atoms with van der Waals surface area (Å²) in [6, 6.07) is 9.11. The maximum absolute atomic E-state index is 11.5. The molecule has 0 bridgehead atoms. The second kappa shape index (κ2) is 9.40. The van der Waals surface area contributed by atoms with E-state index in [0.717, 1.165) is 22.3 Å². The molecule has 1 aromatic carbocycles. The van der Waals surface area contributed by atoms with E-state index in [4.69, 9.17) is 32.9 Å². The number of aromatic nitrogens is 3. The van der Waals surface area contributed by atoms with Gasteiger partial charge >= 0.3 is 0 Å². The highest BCUT2D eigenvalue weighted by atomic mass is 35.5. The number of benzene rings is 1. The van der Waals surface area contributed by atoms with Gasteiger partial charge in [0, 0.05) is 35.3 Å². The van der Waals surface area contributed by atoms with E-state index in [1.165, 1.54) is 18.3 Å². The van der Waals surface area contributed by atoms with Crippen LogP contribution in [0.1, 0.15) is 36.8 Å². The predicted molar refractivity (Wildman–Crippen MR) is 128 cm³/mol. The summed E-state index contributed by atoms with van der Waals surface area (Å²) in [5.74, 6) is 0.463. The second-order valence-corrected chi connectivity index (χ2v) is 9.17. The van der Waals surface area contributed by atoms with E-state index in [0.29, 0.717) is 31.9 Å². The molecule has 0 saturated carbocycles. The lowest BCUT2D eigenvalue weighted by Crippen LogP contribution is -2.25. The topological polar surface area (TPSA) is 77.0 Å². The van der Waals surface area contributed by atoms with Gasteiger partial charge in [-0.25, -0.2) is 9.97 Å². The first-order valence-corrected chi connectivity index (χ1v) is 11.5. The van der Waals surface area contributed by atoms with Crippen molar-refractivity contribution in [3.63, 3.8) is 0 Å². The Bertz CT molecular complexity index is 1310. The van der Waals surface area contributed by atoms with Crippen LogP contribution in [0.4, 0.5) is 0 Å². The lowest BCUT2D eigenvalue weighted by atomic mass is 10.0. The lowest BCUT2D eigenvalue weighted by Gasteiger charge is -2.18. The molecule has 1 unspecified atom stereocenters. The number of nitrogens with zero attached hydrogens (tertiary/aromatic N) is 3. The van der Waals surface area contributed by atoms with E-state index < -0.39 is 0 Å². The van der Waals surface area contributed by atoms with Crippen molar-refractivity contribution < 1.29 is 9.53 Å². The molecule has 0 saturated heterocycles. The Morgan fingerprint density at radius 2 is 2.06 bits per heavy atom. The molecule has 0 aliphatic rings. The summed E-state index contributed by atoms with van der Waals surface area (Å²) in [7, 11) is 0. The van der Waals surface area contributed by atoms with Crippen LogP contribution in [0.25, 0.3) is 22.2 Å². The zero-order chi connectivity index (χ0) is 22.8. The maximum atomic E-state index is 11.5. The van der Waals surface area contributed by atoms with Crippen LogP contribution < -0.4 is 10.1 Å². The molecule has 32 heavy (non-hydrogen) atoms. The van der Waals surface area contributed by atoms with E-state index in [2.05, 4.69) is 15.3 Å². The van der Waals surface area contributed by atoms with E-state index in [1.54, 1.807) is 17.8 Å². The number of carbonyl (C=O) groups is 1. The minimum atomic E-state index is -0.309. The number of ether oxygens (including phenoxy) is 1. The highest BCUT2D eigenvalue weighted by Crippen LogP contribution is 2.37. The summed E-state index contributed by atoms with van der Waals surface area (Å²) < 4.78 is 6.82. The first kappa shape index (κ1) is 22.5. The van der Waals surface area contributed by atoms with Crippen LogP contribution in [0, 0.1) is 6.92 Å². The summed E-state index contributed by atoms with van der Waals surface area (Å²) in [6.45, 7) is 5.42. The summed E-state index contributed by atoms with van der Waals surface area (Å²) >= 11 is 14.2. The van der Waals surface area contributed by atoms with Gasteiger partial charge in [-0.1, -0.05) is 35.3 Å². The molecule has 0 radical (unpaired) electrons. The fourth-order valence-electron chi connectivity index (χ4n) is 3.59. The molecular formula is C23H20Cl2N4O2S. The van der Waals surface area contributed by atoms with Gasteiger partial charge in [-0.15, -0.1) is 11.3 Å². The van der Waals surface area contributed by atoms with Crippen LogP contribution in [0.3, 0.4) is 0 Å². The van der Waals surface area contributed by atoms with E-state index in [9.17, 15) is 4.79 Å². The third kappa shape index (κ3) is 4.55. The summed E-state index contributed by atoms with van der Waals surface area (Å²) in [5, 5.41) is 4.26. The van der Waals surface area contributed by atoms with Crippen molar-refractivity contribution in [2.75, 3.05) is 0 Å². The lowest BCUT2D eigenvalue weighted by molar-refractivity contribution is -0.119. The molecule has 0 aliphatic carbocycles. The van der Waals surface area contributed by atoms with Crippen LogP contribution in [-0.2, 0) is 11.4 Å². The monoisotopic (exact) mass is 486 g/mol. The number of rotatable bonds is 6. The highest BCUT2D eigenvalue weighted by Gasteiger charge is 2.18. The van der Waals surface area contributed by atoms with Crippen molar-refractivity contribution in [2.45, 2.75) is 33.4 Å². The van der Waals surface area contributed by atoms with Gasteiger partial charge in [0.15, 0.2) is 0 Å². The number of nitrogens with one attached hydrogen (secondary N) is 1. The standard InChI is InChI=1S/C23H20Cl2N4O2S/c1-12-9-16(22-23(25)32-11-27-22)15-5-4-6-19(21(15)28-12)31-10-17-18(24)7-8-26-20(17)13(2)29-14(3)30/h4-9,11,13H,10H2,1-3H3,(H,29,30). The number of para-hydroxylation sites is 1. The summed E-state index contributed by atoms with van der Waals surface area (Å²) in [5.41, 5.74) is 6.27. The SMILES string of the molecule is CC(=O)NC(C)c1nccc(Cl)c1COc1cccc2c(-c3ncsc3Cl)cc(C)nc12. The van der Waals surface area contributed by atoms with E-state index >= 15 is 0 Å². The molecule has 1 N–H and O–H groups in total. The van der Waals surface area contributed by atoms with Gasteiger partial charge in [0.1, 0.15) is 27.9 Å². The Kier molecular flexibility index (Phi) is 6.60. The van der Waals surface area contributed by atoms with Crippen LogP contribution in [-0.4, -0.2) is 20.9 Å². The van der Waals surface area contributed by atoms with E-state index in [1.807, 2.05) is 38.1 Å². The fourth-order valence-corrected chi connectivity index (χ4v) is 4.60. The Balaban J connectivity index is 1.72. The smallest absolute Gasteiger partial charge is 0.217 e. The Morgan fingerprint density at radius 1 is 1.25 bits per heavy atom. The van der Waals surface area contributed by atoms with Crippen molar-refractivity contribution in [3.8, 4) is 17.0 Å². The number of thiazole rings is 1. The highest BCUT2D eigenvalue weighted by molar-refractivity contribution is 7.14. The number of halogens is 2. The number of carbonyl (C=O) groups excluding carboxylic acids is 1. The zero-order valence-electron chi connectivity index (χ0n) is 17.6. The number of aryl methyl sites for hydroxylation is 1. The fraction of sp³-hybridized carbons (Fsp3) is 0.217. The molecule has 1 amide bonds. The van der Waals surface area contributed by atoms with Crippen molar-refractivity contribution in [1.29, 1.82) is 0 Å².